The van der Waals surface area contributed by atoms with Crippen molar-refractivity contribution in [3.63, 3.8) is 0 Å². The zero-order valence-electron chi connectivity index (χ0n) is 12.2. The van der Waals surface area contributed by atoms with Crippen LogP contribution in [0.5, 0.6) is 0 Å². The highest BCUT2D eigenvalue weighted by Gasteiger charge is 2.36. The van der Waals surface area contributed by atoms with Crippen LogP contribution in [-0.4, -0.2) is 48.7 Å². The zero-order valence-corrected chi connectivity index (χ0v) is 14.6. The first-order chi connectivity index (χ1) is 11.3. The van der Waals surface area contributed by atoms with E-state index in [2.05, 4.69) is 5.32 Å². The molecule has 0 unspecified atom stereocenters. The fourth-order valence-electron chi connectivity index (χ4n) is 2.20. The molecule has 3 amide bonds. The highest BCUT2D eigenvalue weighted by Crippen LogP contribution is 2.32. The number of thiophene rings is 1. The first-order valence-electron chi connectivity index (χ1n) is 6.83. The van der Waals surface area contributed by atoms with E-state index in [0.717, 1.165) is 26.9 Å². The molecule has 126 valence electrons. The van der Waals surface area contributed by atoms with Crippen molar-refractivity contribution in [2.45, 2.75) is 6.04 Å². The Hall–Kier alpha value is -1.91. The maximum absolute atomic E-state index is 12.2. The molecule has 10 heteroatoms. The van der Waals surface area contributed by atoms with E-state index in [9.17, 15) is 22.8 Å². The van der Waals surface area contributed by atoms with Crippen LogP contribution in [0.4, 0.5) is 4.79 Å². The third-order valence-corrected chi connectivity index (χ3v) is 6.39. The van der Waals surface area contributed by atoms with Gasteiger partial charge in [0.15, 0.2) is 9.84 Å². The van der Waals surface area contributed by atoms with E-state index < -0.39 is 39.5 Å². The fraction of sp³-hybridized carbons (Fsp3) is 0.214. The van der Waals surface area contributed by atoms with Crippen molar-refractivity contribution in [1.82, 2.24) is 10.2 Å². The third-order valence-electron chi connectivity index (χ3n) is 3.27. The quantitative estimate of drug-likeness (QED) is 0.783. The molecule has 1 aromatic rings. The average Bonchev–Trinajstić information content (AvgIpc) is 3.17. The lowest BCUT2D eigenvalue weighted by Gasteiger charge is -2.14. The molecular weight excluding hydrogens is 372 g/mol. The summed E-state index contributed by atoms with van der Waals surface area (Å²) >= 11 is 2.21. The molecule has 7 nitrogen and oxygen atoms in total. The molecule has 2 aliphatic heterocycles. The molecule has 0 aliphatic carbocycles. The number of rotatable bonds is 4. The van der Waals surface area contributed by atoms with Gasteiger partial charge in [0.1, 0.15) is 6.54 Å². The molecule has 1 N–H and O–H groups in total. The molecule has 0 saturated carbocycles. The van der Waals surface area contributed by atoms with Crippen LogP contribution in [0.3, 0.4) is 0 Å². The van der Waals surface area contributed by atoms with Crippen molar-refractivity contribution in [2.75, 3.05) is 12.3 Å². The van der Waals surface area contributed by atoms with E-state index in [4.69, 9.17) is 0 Å². The van der Waals surface area contributed by atoms with Gasteiger partial charge in [-0.15, -0.1) is 11.3 Å². The molecule has 0 aromatic carbocycles. The van der Waals surface area contributed by atoms with Gasteiger partial charge in [0, 0.05) is 10.3 Å². The first-order valence-corrected chi connectivity index (χ1v) is 10.2. The number of thioether (sulfide) groups is 1. The van der Waals surface area contributed by atoms with Crippen molar-refractivity contribution in [1.29, 1.82) is 0 Å². The Labute approximate surface area is 146 Å². The highest BCUT2D eigenvalue weighted by molar-refractivity contribution is 8.18. The SMILES string of the molecule is O=C(CN1C(=O)S/C(=C\c2cccs2)C1=O)N[C@H]1C=CS(=O)(=O)C1. The van der Waals surface area contributed by atoms with E-state index in [0.29, 0.717) is 0 Å². The van der Waals surface area contributed by atoms with Crippen LogP contribution in [-0.2, 0) is 19.4 Å². The topological polar surface area (TPSA) is 101 Å². The van der Waals surface area contributed by atoms with Crippen molar-refractivity contribution in [3.8, 4) is 0 Å². The number of carbonyl (C=O) groups is 3. The smallest absolute Gasteiger partial charge is 0.294 e. The van der Waals surface area contributed by atoms with Gasteiger partial charge in [0.2, 0.25) is 5.91 Å². The van der Waals surface area contributed by atoms with Crippen LogP contribution in [0.1, 0.15) is 4.88 Å². The molecule has 3 heterocycles. The van der Waals surface area contributed by atoms with Gasteiger partial charge in [0.25, 0.3) is 11.1 Å². The molecule has 1 atom stereocenters. The van der Waals surface area contributed by atoms with E-state index in [1.165, 1.54) is 17.4 Å². The van der Waals surface area contributed by atoms with Gasteiger partial charge in [-0.25, -0.2) is 8.42 Å². The predicted molar refractivity (Wildman–Crippen MR) is 91.9 cm³/mol. The summed E-state index contributed by atoms with van der Waals surface area (Å²) in [5.74, 6) is -1.32. The van der Waals surface area contributed by atoms with Gasteiger partial charge in [0.05, 0.1) is 16.7 Å². The van der Waals surface area contributed by atoms with Crippen LogP contribution < -0.4 is 5.32 Å². The number of imide groups is 1. The van der Waals surface area contributed by atoms with Gasteiger partial charge in [-0.2, -0.15) is 0 Å². The largest absolute Gasteiger partial charge is 0.347 e. The number of nitrogens with zero attached hydrogens (tertiary/aromatic N) is 1. The Morgan fingerprint density at radius 1 is 1.42 bits per heavy atom. The minimum Gasteiger partial charge on any atom is -0.347 e. The average molecular weight is 384 g/mol. The fourth-order valence-corrected chi connectivity index (χ4v) is 5.00. The molecular formula is C14H12N2O5S3. The minimum atomic E-state index is -3.28. The molecule has 1 saturated heterocycles. The van der Waals surface area contributed by atoms with Crippen LogP contribution in [0.15, 0.2) is 33.9 Å². The van der Waals surface area contributed by atoms with E-state index in [-0.39, 0.29) is 10.7 Å². The number of nitrogens with one attached hydrogen (secondary N) is 1. The summed E-state index contributed by atoms with van der Waals surface area (Å²) in [5, 5.41) is 4.86. The van der Waals surface area contributed by atoms with Crippen molar-refractivity contribution >= 4 is 56.1 Å². The van der Waals surface area contributed by atoms with Gasteiger partial charge in [-0.05, 0) is 35.4 Å². The first kappa shape index (κ1) is 16.9. The molecule has 2 aliphatic rings. The van der Waals surface area contributed by atoms with E-state index in [1.54, 1.807) is 6.08 Å². The number of amides is 3. The molecule has 0 bridgehead atoms. The second-order valence-electron chi connectivity index (χ2n) is 5.12. The normalized spacial score (nSPS) is 24.1. The number of sulfone groups is 1. The second-order valence-corrected chi connectivity index (χ2v) is 9.02. The minimum absolute atomic E-state index is 0.209. The summed E-state index contributed by atoms with van der Waals surface area (Å²) in [6.45, 7) is -0.434. The maximum Gasteiger partial charge on any atom is 0.294 e. The number of hydrogen-bond acceptors (Lipinski definition) is 7. The van der Waals surface area contributed by atoms with Gasteiger partial charge in [-0.3, -0.25) is 19.3 Å². The van der Waals surface area contributed by atoms with Crippen molar-refractivity contribution in [2.24, 2.45) is 0 Å². The van der Waals surface area contributed by atoms with Gasteiger partial charge >= 0.3 is 0 Å². The molecule has 1 aromatic heterocycles. The Morgan fingerprint density at radius 2 is 2.21 bits per heavy atom. The monoisotopic (exact) mass is 384 g/mol. The second kappa shape index (κ2) is 6.54. The van der Waals surface area contributed by atoms with Crippen molar-refractivity contribution < 1.29 is 22.8 Å². The van der Waals surface area contributed by atoms with E-state index in [1.807, 2.05) is 17.5 Å². The predicted octanol–water partition coefficient (Wildman–Crippen LogP) is 1.21. The molecule has 24 heavy (non-hydrogen) atoms. The summed E-state index contributed by atoms with van der Waals surface area (Å²) in [7, 11) is -3.28. The number of carbonyl (C=O) groups excluding carboxylic acids is 3. The zero-order chi connectivity index (χ0) is 17.3. The third kappa shape index (κ3) is 3.77. The lowest BCUT2D eigenvalue weighted by Crippen LogP contribution is -2.43. The maximum atomic E-state index is 12.2. The Balaban J connectivity index is 1.63. The van der Waals surface area contributed by atoms with E-state index >= 15 is 0 Å². The lowest BCUT2D eigenvalue weighted by atomic mass is 10.3. The van der Waals surface area contributed by atoms with Crippen molar-refractivity contribution in [3.05, 3.63) is 38.8 Å². The molecule has 0 spiro atoms. The summed E-state index contributed by atoms with van der Waals surface area (Å²) in [6.07, 6.45) is 2.98. The Morgan fingerprint density at radius 3 is 2.83 bits per heavy atom. The molecule has 0 radical (unpaired) electrons. The summed E-state index contributed by atoms with van der Waals surface area (Å²) in [4.78, 5) is 38.1. The van der Waals surface area contributed by atoms with Crippen LogP contribution in [0, 0.1) is 0 Å². The Bertz CT molecular complexity index is 855. The summed E-state index contributed by atoms with van der Waals surface area (Å²) in [6, 6.07) is 3.01. The summed E-state index contributed by atoms with van der Waals surface area (Å²) in [5.41, 5.74) is 0. The molecule has 1 fully saturated rings. The van der Waals surface area contributed by atoms with Crippen LogP contribution >= 0.6 is 23.1 Å². The standard InChI is InChI=1S/C14H12N2O5S3/c17-12(15-9-3-5-24(20,21)8-9)7-16-13(18)11(23-14(16)19)6-10-2-1-4-22-10/h1-6,9H,7-8H2,(H,15,17)/b11-6-/t9-/m0/s1. The van der Waals surface area contributed by atoms with Gasteiger partial charge < -0.3 is 5.32 Å². The summed E-state index contributed by atoms with van der Waals surface area (Å²) < 4.78 is 22.6. The molecule has 3 rings (SSSR count). The Kier molecular flexibility index (Phi) is 4.61. The van der Waals surface area contributed by atoms with Crippen LogP contribution in [0.2, 0.25) is 0 Å². The lowest BCUT2D eigenvalue weighted by molar-refractivity contribution is -0.129. The number of hydrogen-bond donors (Lipinski definition) is 1. The van der Waals surface area contributed by atoms with Gasteiger partial charge in [-0.1, -0.05) is 6.07 Å². The van der Waals surface area contributed by atoms with Crippen LogP contribution in [0.25, 0.3) is 6.08 Å². The highest BCUT2D eigenvalue weighted by atomic mass is 32.2.